The van der Waals surface area contributed by atoms with E-state index in [2.05, 4.69) is 63.7 Å². The number of anilines is 1. The Labute approximate surface area is 264 Å². The van der Waals surface area contributed by atoms with Crippen molar-refractivity contribution in [1.29, 1.82) is 0 Å². The molecule has 0 saturated carbocycles. The number of carbonyl (C=O) groups is 1. The van der Waals surface area contributed by atoms with E-state index in [1.165, 1.54) is 11.1 Å². The number of aromatic nitrogens is 1. The molecule has 2 N–H and O–H groups in total. The summed E-state index contributed by atoms with van der Waals surface area (Å²) in [5, 5.41) is 12.6. The largest absolute Gasteiger partial charge is 0.392 e. The second-order valence-electron chi connectivity index (χ2n) is 11.3. The summed E-state index contributed by atoms with van der Waals surface area (Å²) in [5.41, 5.74) is 6.32. The van der Waals surface area contributed by atoms with Crippen LogP contribution in [0.2, 0.25) is 0 Å². The third-order valence-electron chi connectivity index (χ3n) is 7.92. The zero-order valence-corrected chi connectivity index (χ0v) is 25.0. The minimum absolute atomic E-state index is 0.00828. The number of pyridine rings is 1. The van der Waals surface area contributed by atoms with Crippen molar-refractivity contribution in [3.8, 4) is 0 Å². The normalized spacial score (nSPS) is 18.0. The molecule has 0 bridgehead atoms. The van der Waals surface area contributed by atoms with Crippen LogP contribution in [0.15, 0.2) is 134 Å². The van der Waals surface area contributed by atoms with E-state index >= 15 is 0 Å². The molecule has 7 nitrogen and oxygen atoms in total. The van der Waals surface area contributed by atoms with Gasteiger partial charge in [0.15, 0.2) is 6.29 Å². The van der Waals surface area contributed by atoms with Crippen LogP contribution in [0.4, 0.5) is 5.69 Å². The molecule has 7 heteroatoms. The summed E-state index contributed by atoms with van der Waals surface area (Å²) in [6.07, 6.45) is 2.86. The van der Waals surface area contributed by atoms with Crippen molar-refractivity contribution in [2.75, 3.05) is 11.9 Å². The summed E-state index contributed by atoms with van der Waals surface area (Å²) < 4.78 is 13.3. The number of aliphatic hydroxyl groups excluding tert-OH is 1. The smallest absolute Gasteiger partial charge is 0.257 e. The zero-order chi connectivity index (χ0) is 30.8. The predicted molar refractivity (Wildman–Crippen MR) is 174 cm³/mol. The van der Waals surface area contributed by atoms with Gasteiger partial charge in [-0.3, -0.25) is 14.7 Å². The number of hydrogen-bond donors (Lipinski definition) is 2. The summed E-state index contributed by atoms with van der Waals surface area (Å²) in [4.78, 5) is 19.3. The van der Waals surface area contributed by atoms with E-state index in [0.717, 1.165) is 29.8 Å². The summed E-state index contributed by atoms with van der Waals surface area (Å²) >= 11 is 0. The first-order valence-electron chi connectivity index (χ1n) is 15.2. The Morgan fingerprint density at radius 1 is 0.778 bits per heavy atom. The van der Waals surface area contributed by atoms with Crippen LogP contribution in [0, 0.1) is 0 Å². The van der Waals surface area contributed by atoms with Crippen LogP contribution in [0.5, 0.6) is 0 Å². The van der Waals surface area contributed by atoms with Crippen molar-refractivity contribution in [1.82, 2.24) is 9.88 Å². The molecule has 0 spiro atoms. The van der Waals surface area contributed by atoms with Gasteiger partial charge in [0, 0.05) is 49.7 Å². The number of benzene rings is 4. The molecule has 1 fully saturated rings. The van der Waals surface area contributed by atoms with E-state index in [0.29, 0.717) is 24.2 Å². The topological polar surface area (TPSA) is 83.9 Å². The molecule has 2 heterocycles. The molecule has 6 rings (SSSR count). The second-order valence-corrected chi connectivity index (χ2v) is 11.3. The molecule has 3 atom stereocenters. The lowest BCUT2D eigenvalue weighted by atomic mass is 9.99. The fourth-order valence-electron chi connectivity index (χ4n) is 5.65. The van der Waals surface area contributed by atoms with E-state index in [-0.39, 0.29) is 24.7 Å². The number of carbonyl (C=O) groups excluding carboxylic acids is 1. The molecule has 0 unspecified atom stereocenters. The van der Waals surface area contributed by atoms with E-state index in [9.17, 15) is 9.90 Å². The lowest BCUT2D eigenvalue weighted by Gasteiger charge is -2.38. The molecular weight excluding hydrogens is 562 g/mol. The molecule has 1 aliphatic rings. The van der Waals surface area contributed by atoms with Crippen LogP contribution >= 0.6 is 0 Å². The number of ether oxygens (including phenoxy) is 2. The van der Waals surface area contributed by atoms with Gasteiger partial charge in [0.05, 0.1) is 24.4 Å². The van der Waals surface area contributed by atoms with Crippen LogP contribution in [0.3, 0.4) is 0 Å². The maximum absolute atomic E-state index is 12.8. The second kappa shape index (κ2) is 14.9. The van der Waals surface area contributed by atoms with Crippen LogP contribution in [-0.2, 0) is 29.2 Å². The first-order valence-corrected chi connectivity index (χ1v) is 15.2. The van der Waals surface area contributed by atoms with E-state index in [4.69, 9.17) is 9.47 Å². The van der Waals surface area contributed by atoms with Gasteiger partial charge in [0.2, 0.25) is 0 Å². The highest BCUT2D eigenvalue weighted by molar-refractivity contribution is 6.04. The first kappa shape index (κ1) is 30.4. The highest BCUT2D eigenvalue weighted by Crippen LogP contribution is 2.39. The lowest BCUT2D eigenvalue weighted by molar-refractivity contribution is -0.253. The highest BCUT2D eigenvalue weighted by Gasteiger charge is 2.33. The van der Waals surface area contributed by atoms with Gasteiger partial charge in [-0.25, -0.2) is 0 Å². The first-order chi connectivity index (χ1) is 22.1. The number of nitrogens with one attached hydrogen (secondary N) is 1. The fraction of sp³-hybridized carbons (Fsp3) is 0.211. The number of aliphatic hydroxyl groups is 1. The molecule has 4 aromatic carbocycles. The standard InChI is InChI=1S/C38H37N3O4/c42-27-30-16-18-31(19-17-30)36-22-35(26-41(24-28-9-3-1-4-10-28)25-29-11-5-2-6-12-29)44-38(45-36)32-13-7-15-34(21-32)40-37(43)33-14-8-20-39-23-33/h1-21,23,35-36,38,42H,22,24-27H2,(H,40,43)/t35-,36+,38+/m1/s1. The maximum Gasteiger partial charge on any atom is 0.257 e. The van der Waals surface area contributed by atoms with Crippen molar-refractivity contribution in [2.45, 2.75) is 44.6 Å². The predicted octanol–water partition coefficient (Wildman–Crippen LogP) is 7.07. The summed E-state index contributed by atoms with van der Waals surface area (Å²) in [7, 11) is 0. The van der Waals surface area contributed by atoms with Gasteiger partial charge in [-0.05, 0) is 46.5 Å². The third kappa shape index (κ3) is 8.29. The van der Waals surface area contributed by atoms with Gasteiger partial charge in [-0.2, -0.15) is 0 Å². The number of amides is 1. The summed E-state index contributed by atoms with van der Waals surface area (Å²) in [6, 6.07) is 40.0. The van der Waals surface area contributed by atoms with E-state index in [1.54, 1.807) is 24.5 Å². The maximum atomic E-state index is 12.8. The van der Waals surface area contributed by atoms with Gasteiger partial charge < -0.3 is 19.9 Å². The quantitative estimate of drug-likeness (QED) is 0.169. The molecule has 0 aliphatic carbocycles. The number of hydrogen-bond acceptors (Lipinski definition) is 6. The molecule has 1 aliphatic heterocycles. The Morgan fingerprint density at radius 2 is 1.49 bits per heavy atom. The van der Waals surface area contributed by atoms with Crippen LogP contribution < -0.4 is 5.32 Å². The van der Waals surface area contributed by atoms with Crippen molar-refractivity contribution in [3.63, 3.8) is 0 Å². The number of nitrogens with zero attached hydrogens (tertiary/aromatic N) is 2. The van der Waals surface area contributed by atoms with E-state index < -0.39 is 6.29 Å². The lowest BCUT2D eigenvalue weighted by Crippen LogP contribution is -2.39. The van der Waals surface area contributed by atoms with Gasteiger partial charge in [0.25, 0.3) is 5.91 Å². The molecule has 0 radical (unpaired) electrons. The fourth-order valence-corrected chi connectivity index (χ4v) is 5.65. The minimum Gasteiger partial charge on any atom is -0.392 e. The van der Waals surface area contributed by atoms with Gasteiger partial charge >= 0.3 is 0 Å². The number of rotatable bonds is 11. The molecule has 45 heavy (non-hydrogen) atoms. The van der Waals surface area contributed by atoms with Gasteiger partial charge in [-0.1, -0.05) is 97.1 Å². The molecule has 1 saturated heterocycles. The van der Waals surface area contributed by atoms with Crippen molar-refractivity contribution >= 4 is 11.6 Å². The SMILES string of the molecule is O=C(Nc1cccc([C@H]2O[C@@H](CN(Cc3ccccc3)Cc3ccccc3)C[C@@H](c3ccc(CO)cc3)O2)c1)c1cccnc1. The van der Waals surface area contributed by atoms with Gasteiger partial charge in [0.1, 0.15) is 0 Å². The summed E-state index contributed by atoms with van der Waals surface area (Å²) in [5.74, 6) is -0.233. The minimum atomic E-state index is -0.642. The Balaban J connectivity index is 1.25. The Morgan fingerprint density at radius 3 is 2.13 bits per heavy atom. The Bertz CT molecular complexity index is 1610. The van der Waals surface area contributed by atoms with Crippen molar-refractivity contribution < 1.29 is 19.4 Å². The third-order valence-corrected chi connectivity index (χ3v) is 7.92. The van der Waals surface area contributed by atoms with Crippen LogP contribution in [0.1, 0.15) is 57.0 Å². The van der Waals surface area contributed by atoms with E-state index in [1.807, 2.05) is 60.7 Å². The monoisotopic (exact) mass is 599 g/mol. The Hall–Kier alpha value is -4.66. The summed E-state index contributed by atoms with van der Waals surface area (Å²) in [6.45, 7) is 2.26. The van der Waals surface area contributed by atoms with Crippen LogP contribution in [-0.4, -0.2) is 33.5 Å². The van der Waals surface area contributed by atoms with Gasteiger partial charge in [-0.15, -0.1) is 0 Å². The van der Waals surface area contributed by atoms with Crippen molar-refractivity contribution in [2.24, 2.45) is 0 Å². The molecule has 1 aromatic heterocycles. The van der Waals surface area contributed by atoms with Crippen LogP contribution in [0.25, 0.3) is 0 Å². The molecule has 1 amide bonds. The highest BCUT2D eigenvalue weighted by atomic mass is 16.7. The molecule has 228 valence electrons. The molecule has 5 aromatic rings. The average molecular weight is 600 g/mol. The zero-order valence-electron chi connectivity index (χ0n) is 25.0. The molecular formula is C38H37N3O4. The average Bonchev–Trinajstić information content (AvgIpc) is 3.09. The van der Waals surface area contributed by atoms with Crippen molar-refractivity contribution in [3.05, 3.63) is 167 Å². The Kier molecular flexibility index (Phi) is 10.0.